The smallest absolute Gasteiger partial charge is 0.317 e. The third-order valence-electron chi connectivity index (χ3n) is 6.42. The molecule has 10 heteroatoms. The third-order valence-corrected chi connectivity index (χ3v) is 6.42. The largest absolute Gasteiger partial charge is 0.496 e. The van der Waals surface area contributed by atoms with Gasteiger partial charge in [-0.15, -0.1) is 0 Å². The summed E-state index contributed by atoms with van der Waals surface area (Å²) in [7, 11) is 1.51. The number of urea groups is 1. The Balaban J connectivity index is 1.65. The third kappa shape index (κ3) is 7.32. The lowest BCUT2D eigenvalue weighted by Crippen LogP contribution is -2.47. The van der Waals surface area contributed by atoms with Gasteiger partial charge in [-0.1, -0.05) is 18.7 Å². The molecule has 0 unspecified atom stereocenters. The number of methoxy groups -OCH3 is 1. The molecule has 0 saturated carbocycles. The summed E-state index contributed by atoms with van der Waals surface area (Å²) in [5, 5.41) is 31.6. The number of likely N-dealkylation sites (tertiary alicyclic amines) is 1. The van der Waals surface area contributed by atoms with Gasteiger partial charge in [-0.2, -0.15) is 0 Å². The van der Waals surface area contributed by atoms with E-state index in [1.54, 1.807) is 47.9 Å². The fraction of sp³-hybridized carbons (Fsp3) is 0.429. The van der Waals surface area contributed by atoms with Crippen LogP contribution in [0.1, 0.15) is 55.1 Å². The first-order valence-electron chi connectivity index (χ1n) is 12.6. The van der Waals surface area contributed by atoms with E-state index in [2.05, 4.69) is 17.2 Å². The minimum absolute atomic E-state index is 0.138. The number of nitrogens with one attached hydrogen (secondary N) is 4. The maximum Gasteiger partial charge on any atom is 0.317 e. The SMILES string of the molecule is C=C(/C=C\C=C(/C)C(=N)N1CCCC1=N)NC(=O)c1cc2c(cc1OC)CCN(C(=O)NCC(C)(C)O)C2. The van der Waals surface area contributed by atoms with Crippen LogP contribution in [0.25, 0.3) is 0 Å². The zero-order chi connectivity index (χ0) is 28.0. The summed E-state index contributed by atoms with van der Waals surface area (Å²) < 4.78 is 5.48. The maximum absolute atomic E-state index is 13.1. The molecule has 5 N–H and O–H groups in total. The number of benzene rings is 1. The molecule has 1 aromatic rings. The molecule has 38 heavy (non-hydrogen) atoms. The Morgan fingerprint density at radius 3 is 2.61 bits per heavy atom. The number of nitrogens with zero attached hydrogens (tertiary/aromatic N) is 2. The van der Waals surface area contributed by atoms with Crippen LogP contribution in [-0.2, 0) is 13.0 Å². The van der Waals surface area contributed by atoms with Crippen LogP contribution >= 0.6 is 0 Å². The Bertz CT molecular complexity index is 1190. The number of fused-ring (bicyclic) bond motifs is 1. The second-order valence-electron chi connectivity index (χ2n) is 10.2. The highest BCUT2D eigenvalue weighted by Gasteiger charge is 2.25. The molecule has 204 valence electrons. The van der Waals surface area contributed by atoms with Gasteiger partial charge in [0.1, 0.15) is 17.4 Å². The summed E-state index contributed by atoms with van der Waals surface area (Å²) in [4.78, 5) is 29.0. The number of amides is 3. The lowest BCUT2D eigenvalue weighted by molar-refractivity contribution is 0.0792. The standard InChI is InChI=1S/C28H38N6O4/c1-18(25(30)34-12-7-10-24(34)29)8-6-9-19(2)32-26(35)22-14-21-16-33(27(36)31-17-28(3,4)37)13-11-20(21)15-23(22)38-5/h6,8-9,14-15,29-30,37H,2,7,10-13,16-17H2,1,3-5H3,(H,31,36)(H,32,35)/b9-6-,18-8+,29-24?,30-25?. The number of aliphatic hydroxyl groups is 1. The van der Waals surface area contributed by atoms with Gasteiger partial charge in [-0.05, 0) is 68.5 Å². The van der Waals surface area contributed by atoms with Crippen LogP contribution in [0.5, 0.6) is 5.75 Å². The van der Waals surface area contributed by atoms with Crippen molar-refractivity contribution in [3.05, 3.63) is 64.9 Å². The van der Waals surface area contributed by atoms with E-state index in [4.69, 9.17) is 15.6 Å². The summed E-state index contributed by atoms with van der Waals surface area (Å²) in [6.45, 7) is 10.6. The van der Waals surface area contributed by atoms with E-state index >= 15 is 0 Å². The van der Waals surface area contributed by atoms with E-state index in [9.17, 15) is 14.7 Å². The minimum atomic E-state index is -1.01. The van der Waals surface area contributed by atoms with Gasteiger partial charge in [-0.3, -0.25) is 15.6 Å². The monoisotopic (exact) mass is 522 g/mol. The number of rotatable bonds is 8. The number of allylic oxidation sites excluding steroid dienone is 3. The molecule has 3 rings (SSSR count). The average molecular weight is 523 g/mol. The molecule has 1 fully saturated rings. The zero-order valence-corrected chi connectivity index (χ0v) is 22.6. The van der Waals surface area contributed by atoms with Crippen molar-refractivity contribution >= 4 is 23.6 Å². The van der Waals surface area contributed by atoms with Crippen molar-refractivity contribution in [2.75, 3.05) is 26.7 Å². The van der Waals surface area contributed by atoms with Crippen molar-refractivity contribution in [3.8, 4) is 5.75 Å². The number of ether oxygens (including phenoxy) is 1. The van der Waals surface area contributed by atoms with Crippen LogP contribution in [0.2, 0.25) is 0 Å². The molecule has 0 aromatic heterocycles. The average Bonchev–Trinajstić information content (AvgIpc) is 3.30. The predicted molar refractivity (Wildman–Crippen MR) is 148 cm³/mol. The van der Waals surface area contributed by atoms with Crippen molar-refractivity contribution in [2.24, 2.45) is 0 Å². The highest BCUT2D eigenvalue weighted by molar-refractivity contribution is 6.07. The maximum atomic E-state index is 13.1. The molecule has 1 aromatic carbocycles. The van der Waals surface area contributed by atoms with Crippen LogP contribution in [0.4, 0.5) is 4.79 Å². The van der Waals surface area contributed by atoms with Gasteiger partial charge in [-0.25, -0.2) is 4.79 Å². The Morgan fingerprint density at radius 1 is 1.24 bits per heavy atom. The topological polar surface area (TPSA) is 142 Å². The quantitative estimate of drug-likeness (QED) is 0.202. The van der Waals surface area contributed by atoms with E-state index in [1.165, 1.54) is 7.11 Å². The van der Waals surface area contributed by atoms with Crippen molar-refractivity contribution in [1.29, 1.82) is 10.8 Å². The molecular weight excluding hydrogens is 484 g/mol. The summed E-state index contributed by atoms with van der Waals surface area (Å²) in [6, 6.07) is 3.31. The van der Waals surface area contributed by atoms with Crippen molar-refractivity contribution < 1.29 is 19.4 Å². The van der Waals surface area contributed by atoms with Crippen LogP contribution in [0.3, 0.4) is 0 Å². The zero-order valence-electron chi connectivity index (χ0n) is 22.6. The van der Waals surface area contributed by atoms with E-state index in [0.29, 0.717) is 66.7 Å². The number of hydrogen-bond donors (Lipinski definition) is 5. The molecular formula is C28H38N6O4. The Hall–Kier alpha value is -3.92. The fourth-order valence-corrected chi connectivity index (χ4v) is 4.29. The van der Waals surface area contributed by atoms with Crippen LogP contribution < -0.4 is 15.4 Å². The highest BCUT2D eigenvalue weighted by atomic mass is 16.5. The normalized spacial score (nSPS) is 15.9. The van der Waals surface area contributed by atoms with E-state index in [-0.39, 0.29) is 18.5 Å². The lowest BCUT2D eigenvalue weighted by Gasteiger charge is -2.30. The molecule has 0 aliphatic carbocycles. The summed E-state index contributed by atoms with van der Waals surface area (Å²) in [5.41, 5.74) is 2.27. The summed E-state index contributed by atoms with van der Waals surface area (Å²) in [6.07, 6.45) is 7.29. The molecule has 2 heterocycles. The van der Waals surface area contributed by atoms with Crippen LogP contribution in [0.15, 0.2) is 48.2 Å². The molecule has 1 saturated heterocycles. The van der Waals surface area contributed by atoms with Crippen molar-refractivity contribution in [1.82, 2.24) is 20.4 Å². The Labute approximate surface area is 224 Å². The van der Waals surface area contributed by atoms with Gasteiger partial charge in [0, 0.05) is 38.3 Å². The van der Waals surface area contributed by atoms with E-state index in [0.717, 1.165) is 17.5 Å². The number of amidine groups is 2. The lowest BCUT2D eigenvalue weighted by atomic mass is 9.96. The Morgan fingerprint density at radius 2 is 1.97 bits per heavy atom. The molecule has 0 bridgehead atoms. The second kappa shape index (κ2) is 12.1. The first kappa shape index (κ1) is 28.6. The summed E-state index contributed by atoms with van der Waals surface area (Å²) >= 11 is 0. The molecule has 0 spiro atoms. The number of hydrogen-bond acceptors (Lipinski definition) is 6. The summed E-state index contributed by atoms with van der Waals surface area (Å²) in [5.74, 6) is 0.811. The highest BCUT2D eigenvalue weighted by Crippen LogP contribution is 2.28. The molecule has 2 aliphatic rings. The molecule has 3 amide bonds. The van der Waals surface area contributed by atoms with Crippen molar-refractivity contribution in [3.63, 3.8) is 0 Å². The first-order valence-corrected chi connectivity index (χ1v) is 12.6. The van der Waals surface area contributed by atoms with Gasteiger partial charge in [0.15, 0.2) is 0 Å². The van der Waals surface area contributed by atoms with Crippen molar-refractivity contribution in [2.45, 2.75) is 52.2 Å². The fourth-order valence-electron chi connectivity index (χ4n) is 4.29. The van der Waals surface area contributed by atoms with Gasteiger partial charge in [0.2, 0.25) is 0 Å². The molecule has 2 aliphatic heterocycles. The van der Waals surface area contributed by atoms with Gasteiger partial charge >= 0.3 is 6.03 Å². The van der Waals surface area contributed by atoms with Gasteiger partial charge in [0.25, 0.3) is 5.91 Å². The first-order chi connectivity index (χ1) is 17.9. The van der Waals surface area contributed by atoms with Crippen LogP contribution in [0, 0.1) is 10.8 Å². The Kier molecular flexibility index (Phi) is 9.11. The van der Waals surface area contributed by atoms with Crippen LogP contribution in [-0.4, -0.2) is 70.9 Å². The van der Waals surface area contributed by atoms with E-state index in [1.807, 2.05) is 13.0 Å². The second-order valence-corrected chi connectivity index (χ2v) is 10.2. The number of carbonyl (C=O) groups excluding carboxylic acids is 2. The van der Waals surface area contributed by atoms with Gasteiger partial charge < -0.3 is 30.3 Å². The van der Waals surface area contributed by atoms with E-state index < -0.39 is 5.60 Å². The molecule has 0 radical (unpaired) electrons. The molecule has 10 nitrogen and oxygen atoms in total. The minimum Gasteiger partial charge on any atom is -0.496 e. The molecule has 0 atom stereocenters. The van der Waals surface area contributed by atoms with Gasteiger partial charge in [0.05, 0.1) is 18.3 Å². The predicted octanol–water partition coefficient (Wildman–Crippen LogP) is 3.33. The number of carbonyl (C=O) groups is 2.